The third-order valence-corrected chi connectivity index (χ3v) is 7.78. The maximum atomic E-state index is 12.9. The zero-order chi connectivity index (χ0) is 24.2. The first-order valence-electron chi connectivity index (χ1n) is 12.4. The van der Waals surface area contributed by atoms with Gasteiger partial charge in [0.1, 0.15) is 0 Å². The third-order valence-electron chi connectivity index (χ3n) is 6.95. The molecule has 0 spiro atoms. The van der Waals surface area contributed by atoms with Crippen molar-refractivity contribution in [1.82, 2.24) is 10.2 Å². The molecule has 0 unspecified atom stereocenters. The first-order valence-corrected chi connectivity index (χ1v) is 13.6. The minimum Gasteiger partial charge on any atom is -0.322 e. The van der Waals surface area contributed by atoms with Crippen molar-refractivity contribution in [1.29, 1.82) is 0 Å². The quantitative estimate of drug-likeness (QED) is 0.447. The van der Waals surface area contributed by atoms with Crippen LogP contribution in [-0.2, 0) is 32.5 Å². The minimum atomic E-state index is -0.0657. The molecule has 0 bridgehead atoms. The molecule has 6 heteroatoms. The molecule has 0 aromatic heterocycles. The van der Waals surface area contributed by atoms with E-state index in [0.717, 1.165) is 56.8 Å². The van der Waals surface area contributed by atoms with Crippen LogP contribution in [0.15, 0.2) is 60.7 Å². The molecule has 2 aliphatic rings. The summed E-state index contributed by atoms with van der Waals surface area (Å²) in [6.07, 6.45) is 5.57. The fourth-order valence-corrected chi connectivity index (χ4v) is 5.75. The van der Waals surface area contributed by atoms with Crippen LogP contribution in [0.1, 0.15) is 44.6 Å². The molecule has 35 heavy (non-hydrogen) atoms. The van der Waals surface area contributed by atoms with Gasteiger partial charge in [-0.1, -0.05) is 42.3 Å². The lowest BCUT2D eigenvalue weighted by Gasteiger charge is -2.29. The number of aryl methyl sites for hydroxylation is 1. The van der Waals surface area contributed by atoms with Gasteiger partial charge in [-0.25, -0.2) is 0 Å². The van der Waals surface area contributed by atoms with Crippen LogP contribution in [0, 0.1) is 0 Å². The van der Waals surface area contributed by atoms with Crippen LogP contribution < -0.4 is 14.9 Å². The lowest BCUT2D eigenvalue weighted by atomic mass is 9.99. The third kappa shape index (κ3) is 5.72. The number of anilines is 2. The summed E-state index contributed by atoms with van der Waals surface area (Å²) in [5.41, 5.74) is 9.45. The fraction of sp³-hybridized carbons (Fsp3) is 0.345. The van der Waals surface area contributed by atoms with Crippen molar-refractivity contribution in [3.63, 3.8) is 0 Å². The maximum absolute atomic E-state index is 12.9. The Morgan fingerprint density at radius 3 is 2.63 bits per heavy atom. The van der Waals surface area contributed by atoms with E-state index in [9.17, 15) is 4.79 Å². The highest BCUT2D eigenvalue weighted by molar-refractivity contribution is 7.99. The Morgan fingerprint density at radius 1 is 0.914 bits per heavy atom. The number of carbonyl (C=O) groups excluding carboxylic acids is 1. The highest BCUT2D eigenvalue weighted by Crippen LogP contribution is 2.31. The van der Waals surface area contributed by atoms with Gasteiger partial charge in [-0.3, -0.25) is 4.79 Å². The Kier molecular flexibility index (Phi) is 7.42. The lowest BCUT2D eigenvalue weighted by molar-refractivity contribution is 0.102. The average Bonchev–Trinajstić information content (AvgIpc) is 2.88. The average molecular weight is 487 g/mol. The molecule has 5 rings (SSSR count). The number of amides is 1. The van der Waals surface area contributed by atoms with Crippen molar-refractivity contribution in [3.8, 4) is 0 Å². The SMILES string of the molecule is CSN1CCCc2cc(CNCc3cccc(C(=O)Nc4ccc5c(c4)CN(C)CC5)c3)ccc21. The molecule has 0 atom stereocenters. The van der Waals surface area contributed by atoms with Crippen molar-refractivity contribution in [2.75, 3.05) is 36.0 Å². The largest absolute Gasteiger partial charge is 0.322 e. The number of fused-ring (bicyclic) bond motifs is 2. The van der Waals surface area contributed by atoms with Crippen LogP contribution >= 0.6 is 11.9 Å². The zero-order valence-corrected chi connectivity index (χ0v) is 21.5. The number of nitrogens with one attached hydrogen (secondary N) is 2. The highest BCUT2D eigenvalue weighted by Gasteiger charge is 2.17. The molecule has 0 radical (unpaired) electrons. The molecule has 3 aromatic carbocycles. The molecule has 0 saturated heterocycles. The molecular formula is C29H34N4OS. The van der Waals surface area contributed by atoms with Crippen molar-refractivity contribution in [2.45, 2.75) is 38.9 Å². The smallest absolute Gasteiger partial charge is 0.255 e. The number of benzene rings is 3. The molecule has 2 aliphatic heterocycles. The van der Waals surface area contributed by atoms with Gasteiger partial charge in [-0.15, -0.1) is 0 Å². The summed E-state index contributed by atoms with van der Waals surface area (Å²) in [7, 11) is 2.14. The number of likely N-dealkylation sites (N-methyl/N-ethyl adjacent to an activating group) is 1. The van der Waals surface area contributed by atoms with Gasteiger partial charge < -0.3 is 19.8 Å². The molecule has 3 aromatic rings. The number of carbonyl (C=O) groups is 1. The van der Waals surface area contributed by atoms with Crippen molar-refractivity contribution >= 4 is 29.2 Å². The first kappa shape index (κ1) is 23.9. The van der Waals surface area contributed by atoms with Gasteiger partial charge in [0.2, 0.25) is 0 Å². The summed E-state index contributed by atoms with van der Waals surface area (Å²) >= 11 is 1.80. The van der Waals surface area contributed by atoms with E-state index in [0.29, 0.717) is 5.56 Å². The summed E-state index contributed by atoms with van der Waals surface area (Å²) in [6, 6.07) is 21.0. The van der Waals surface area contributed by atoms with Gasteiger partial charge >= 0.3 is 0 Å². The Morgan fingerprint density at radius 2 is 1.77 bits per heavy atom. The standard InChI is InChI=1S/C29H34N4OS/c1-32-14-12-23-9-10-27(17-26(23)20-32)31-29(34)25-6-3-5-21(16-25)18-30-19-22-8-11-28-24(15-22)7-4-13-33(28)35-2/h3,5-6,8-11,15-17,30H,4,7,12-14,18-20H2,1-2H3,(H,31,34). The second-order valence-electron chi connectivity index (χ2n) is 9.58. The number of hydrogen-bond donors (Lipinski definition) is 2. The van der Waals surface area contributed by atoms with E-state index in [2.05, 4.69) is 69.5 Å². The highest BCUT2D eigenvalue weighted by atomic mass is 32.2. The van der Waals surface area contributed by atoms with Gasteiger partial charge in [-0.2, -0.15) is 0 Å². The maximum Gasteiger partial charge on any atom is 0.255 e. The number of rotatable bonds is 7. The van der Waals surface area contributed by atoms with E-state index in [4.69, 9.17) is 0 Å². The lowest BCUT2D eigenvalue weighted by Crippen LogP contribution is -2.26. The number of nitrogens with zero attached hydrogens (tertiary/aromatic N) is 2. The Bertz CT molecular complexity index is 1210. The van der Waals surface area contributed by atoms with Gasteiger partial charge in [0, 0.05) is 50.2 Å². The Hall–Kier alpha value is -2.80. The fourth-order valence-electron chi connectivity index (χ4n) is 5.07. The number of hydrogen-bond acceptors (Lipinski definition) is 5. The van der Waals surface area contributed by atoms with E-state index in [1.54, 1.807) is 11.9 Å². The zero-order valence-electron chi connectivity index (χ0n) is 20.6. The molecule has 182 valence electrons. The summed E-state index contributed by atoms with van der Waals surface area (Å²) in [4.78, 5) is 15.2. The summed E-state index contributed by atoms with van der Waals surface area (Å²) in [5, 5.41) is 6.64. The van der Waals surface area contributed by atoms with Crippen molar-refractivity contribution < 1.29 is 4.79 Å². The molecule has 5 nitrogen and oxygen atoms in total. The second kappa shape index (κ2) is 10.9. The minimum absolute atomic E-state index is 0.0657. The summed E-state index contributed by atoms with van der Waals surface area (Å²) < 4.78 is 2.38. The molecular weight excluding hydrogens is 452 g/mol. The van der Waals surface area contributed by atoms with Crippen LogP contribution in [-0.4, -0.2) is 37.2 Å². The second-order valence-corrected chi connectivity index (χ2v) is 10.4. The molecule has 0 saturated carbocycles. The van der Waals surface area contributed by atoms with Gasteiger partial charge in [0.15, 0.2) is 0 Å². The molecule has 2 N–H and O–H groups in total. The molecule has 0 fully saturated rings. The molecule has 2 heterocycles. The van der Waals surface area contributed by atoms with E-state index in [-0.39, 0.29) is 5.91 Å². The van der Waals surface area contributed by atoms with E-state index in [1.807, 2.05) is 24.3 Å². The van der Waals surface area contributed by atoms with E-state index < -0.39 is 0 Å². The van der Waals surface area contributed by atoms with Crippen LogP contribution in [0.2, 0.25) is 0 Å². The molecule has 1 amide bonds. The topological polar surface area (TPSA) is 47.6 Å². The van der Waals surface area contributed by atoms with E-state index in [1.165, 1.54) is 34.4 Å². The van der Waals surface area contributed by atoms with Gasteiger partial charge in [0.05, 0.1) is 5.69 Å². The predicted molar refractivity (Wildman–Crippen MR) is 147 cm³/mol. The summed E-state index contributed by atoms with van der Waals surface area (Å²) in [6.45, 7) is 4.68. The van der Waals surface area contributed by atoms with Crippen LogP contribution in [0.5, 0.6) is 0 Å². The van der Waals surface area contributed by atoms with E-state index >= 15 is 0 Å². The monoisotopic (exact) mass is 486 g/mol. The van der Waals surface area contributed by atoms with Crippen molar-refractivity contribution in [3.05, 3.63) is 94.0 Å². The van der Waals surface area contributed by atoms with Crippen LogP contribution in [0.3, 0.4) is 0 Å². The summed E-state index contributed by atoms with van der Waals surface area (Å²) in [5.74, 6) is -0.0657. The Balaban J connectivity index is 1.18. The normalized spacial score (nSPS) is 15.4. The Labute approximate surface area is 213 Å². The first-order chi connectivity index (χ1) is 17.1. The van der Waals surface area contributed by atoms with Gasteiger partial charge in [0.25, 0.3) is 5.91 Å². The predicted octanol–water partition coefficient (Wildman–Crippen LogP) is 5.25. The molecule has 0 aliphatic carbocycles. The van der Waals surface area contributed by atoms with Crippen LogP contribution in [0.25, 0.3) is 0 Å². The van der Waals surface area contributed by atoms with Crippen molar-refractivity contribution in [2.24, 2.45) is 0 Å². The van der Waals surface area contributed by atoms with Crippen LogP contribution in [0.4, 0.5) is 11.4 Å². The van der Waals surface area contributed by atoms with Gasteiger partial charge in [-0.05, 0) is 84.5 Å².